The monoisotopic (exact) mass is 454 g/mol. The lowest BCUT2D eigenvalue weighted by Gasteiger charge is -2.06. The fraction of sp³-hybridized carbons (Fsp3) is 0.154. The summed E-state index contributed by atoms with van der Waals surface area (Å²) in [6.07, 6.45) is 4.95. The first kappa shape index (κ1) is 21.5. The summed E-state index contributed by atoms with van der Waals surface area (Å²) < 4.78 is 17.1. The Balaban J connectivity index is 1.34. The van der Waals surface area contributed by atoms with Gasteiger partial charge in [0.1, 0.15) is 12.4 Å². The number of rotatable bonds is 6. The maximum atomic E-state index is 13.9. The molecule has 1 N–H and O–H groups in total. The second kappa shape index (κ2) is 8.90. The first-order chi connectivity index (χ1) is 16.5. The smallest absolute Gasteiger partial charge is 0.246 e. The molecule has 2 aromatic carbocycles. The van der Waals surface area contributed by atoms with Gasteiger partial charge in [-0.05, 0) is 37.1 Å². The minimum Gasteiger partial charge on any atom is -0.322 e. The highest BCUT2D eigenvalue weighted by Crippen LogP contribution is 2.30. The van der Waals surface area contributed by atoms with Crippen molar-refractivity contribution in [2.24, 2.45) is 0 Å². The Bertz CT molecular complexity index is 1490. The van der Waals surface area contributed by atoms with Crippen LogP contribution in [0.3, 0.4) is 0 Å². The van der Waals surface area contributed by atoms with Gasteiger partial charge in [0.2, 0.25) is 5.91 Å². The van der Waals surface area contributed by atoms with Crippen LogP contribution in [0.2, 0.25) is 0 Å². The van der Waals surface area contributed by atoms with Gasteiger partial charge in [0.25, 0.3) is 0 Å². The quantitative estimate of drug-likeness (QED) is 0.402. The average molecular weight is 455 g/mol. The zero-order valence-corrected chi connectivity index (χ0v) is 18.9. The van der Waals surface area contributed by atoms with Gasteiger partial charge in [0, 0.05) is 23.3 Å². The molecule has 0 aliphatic rings. The number of carbonyl (C=O) groups is 1. The Kier molecular flexibility index (Phi) is 5.63. The second-order valence-corrected chi connectivity index (χ2v) is 8.23. The van der Waals surface area contributed by atoms with E-state index in [1.165, 1.54) is 11.6 Å². The van der Waals surface area contributed by atoms with Crippen molar-refractivity contribution in [2.75, 3.05) is 5.32 Å². The summed E-state index contributed by atoms with van der Waals surface area (Å²) in [4.78, 5) is 17.2. The summed E-state index contributed by atoms with van der Waals surface area (Å²) >= 11 is 0. The molecule has 7 nitrogen and oxygen atoms in total. The number of aryl methyl sites for hydroxylation is 2. The maximum Gasteiger partial charge on any atom is 0.246 e. The number of hydrogen-bond donors (Lipinski definition) is 1. The van der Waals surface area contributed by atoms with Gasteiger partial charge in [-0.3, -0.25) is 9.48 Å². The molecule has 5 aromatic rings. The van der Waals surface area contributed by atoms with Gasteiger partial charge >= 0.3 is 0 Å². The molecule has 0 aliphatic heterocycles. The van der Waals surface area contributed by atoms with Gasteiger partial charge in [-0.1, -0.05) is 48.0 Å². The van der Waals surface area contributed by atoms with Gasteiger partial charge in [0.05, 0.1) is 24.1 Å². The van der Waals surface area contributed by atoms with Crippen LogP contribution < -0.4 is 5.32 Å². The van der Waals surface area contributed by atoms with Crippen LogP contribution in [0.1, 0.15) is 16.8 Å². The van der Waals surface area contributed by atoms with Crippen LogP contribution in [-0.2, 0) is 17.9 Å². The number of carbonyl (C=O) groups excluding carboxylic acids is 1. The highest BCUT2D eigenvalue weighted by atomic mass is 19.1. The molecule has 0 saturated heterocycles. The van der Waals surface area contributed by atoms with E-state index in [2.05, 4.69) is 51.7 Å². The molecule has 5 rings (SSSR count). The zero-order valence-electron chi connectivity index (χ0n) is 18.9. The van der Waals surface area contributed by atoms with Crippen molar-refractivity contribution in [3.63, 3.8) is 0 Å². The minimum atomic E-state index is -0.290. The first-order valence-electron chi connectivity index (χ1n) is 10.9. The standard InChI is InChI=1S/C26H23FN6O/c1-17-7-9-19(10-8-17)22-11-12-28-26-25(22)18(2)31-33(26)16-24(34)30-21-13-29-32(15-21)14-20-5-3-4-6-23(20)27/h3-13,15H,14,16H2,1-2H3,(H,30,34). The molecule has 0 atom stereocenters. The summed E-state index contributed by atoms with van der Waals surface area (Å²) in [7, 11) is 0. The van der Waals surface area contributed by atoms with Crippen LogP contribution in [0.25, 0.3) is 22.2 Å². The number of hydrogen-bond acceptors (Lipinski definition) is 4. The molecular formula is C26H23FN6O. The number of anilines is 1. The van der Waals surface area contributed by atoms with Gasteiger partial charge in [-0.15, -0.1) is 0 Å². The third kappa shape index (κ3) is 4.30. The number of pyridine rings is 1. The largest absolute Gasteiger partial charge is 0.322 e. The Labute approximate surface area is 195 Å². The molecule has 1 amide bonds. The van der Waals surface area contributed by atoms with Gasteiger partial charge in [0.15, 0.2) is 5.65 Å². The third-order valence-corrected chi connectivity index (χ3v) is 5.67. The van der Waals surface area contributed by atoms with Gasteiger partial charge in [-0.2, -0.15) is 10.2 Å². The van der Waals surface area contributed by atoms with E-state index >= 15 is 0 Å². The lowest BCUT2D eigenvalue weighted by molar-refractivity contribution is -0.116. The minimum absolute atomic E-state index is 0.00713. The van der Waals surface area contributed by atoms with Crippen molar-refractivity contribution in [3.05, 3.63) is 95.8 Å². The van der Waals surface area contributed by atoms with Crippen LogP contribution in [-0.4, -0.2) is 30.5 Å². The molecule has 34 heavy (non-hydrogen) atoms. The van der Waals surface area contributed by atoms with Crippen LogP contribution in [0, 0.1) is 19.7 Å². The van der Waals surface area contributed by atoms with E-state index in [0.717, 1.165) is 22.2 Å². The van der Waals surface area contributed by atoms with Crippen LogP contribution in [0.15, 0.2) is 73.2 Å². The number of aromatic nitrogens is 5. The molecule has 8 heteroatoms. The fourth-order valence-electron chi connectivity index (χ4n) is 4.02. The summed E-state index contributed by atoms with van der Waals surface area (Å²) in [5, 5.41) is 12.6. The topological polar surface area (TPSA) is 77.6 Å². The highest BCUT2D eigenvalue weighted by molar-refractivity contribution is 5.96. The van der Waals surface area contributed by atoms with E-state index in [-0.39, 0.29) is 24.8 Å². The Hall–Kier alpha value is -4.33. The van der Waals surface area contributed by atoms with E-state index in [1.807, 2.05) is 13.0 Å². The van der Waals surface area contributed by atoms with E-state index in [0.29, 0.717) is 16.9 Å². The van der Waals surface area contributed by atoms with Crippen molar-refractivity contribution in [1.82, 2.24) is 24.5 Å². The van der Waals surface area contributed by atoms with Crippen molar-refractivity contribution in [3.8, 4) is 11.1 Å². The van der Waals surface area contributed by atoms with Crippen molar-refractivity contribution in [1.29, 1.82) is 0 Å². The first-order valence-corrected chi connectivity index (χ1v) is 10.9. The number of nitrogens with zero attached hydrogens (tertiary/aromatic N) is 5. The van der Waals surface area contributed by atoms with Crippen molar-refractivity contribution >= 4 is 22.6 Å². The molecule has 0 unspecified atom stereocenters. The molecule has 0 radical (unpaired) electrons. The Morgan fingerprint density at radius 1 is 1.06 bits per heavy atom. The van der Waals surface area contributed by atoms with Gasteiger partial charge < -0.3 is 5.32 Å². The van der Waals surface area contributed by atoms with E-state index in [1.54, 1.807) is 46.2 Å². The van der Waals surface area contributed by atoms with Crippen LogP contribution in [0.4, 0.5) is 10.1 Å². The number of nitrogens with one attached hydrogen (secondary N) is 1. The number of benzene rings is 2. The summed E-state index contributed by atoms with van der Waals surface area (Å²) in [6.45, 7) is 4.25. The molecule has 0 bridgehead atoms. The lowest BCUT2D eigenvalue weighted by Crippen LogP contribution is -2.19. The van der Waals surface area contributed by atoms with E-state index in [9.17, 15) is 9.18 Å². The molecule has 3 heterocycles. The molecule has 3 aromatic heterocycles. The molecule has 0 saturated carbocycles. The second-order valence-electron chi connectivity index (χ2n) is 8.23. The van der Waals surface area contributed by atoms with Crippen molar-refractivity contribution < 1.29 is 9.18 Å². The zero-order chi connectivity index (χ0) is 23.7. The van der Waals surface area contributed by atoms with Crippen LogP contribution in [0.5, 0.6) is 0 Å². The predicted octanol–water partition coefficient (Wildman–Crippen LogP) is 4.74. The maximum absolute atomic E-state index is 13.9. The molecule has 170 valence electrons. The number of halogens is 1. The average Bonchev–Trinajstić information content (AvgIpc) is 3.39. The number of fused-ring (bicyclic) bond motifs is 1. The van der Waals surface area contributed by atoms with Crippen LogP contribution >= 0.6 is 0 Å². The number of amides is 1. The Morgan fingerprint density at radius 3 is 2.65 bits per heavy atom. The Morgan fingerprint density at radius 2 is 1.85 bits per heavy atom. The van der Waals surface area contributed by atoms with E-state index in [4.69, 9.17) is 0 Å². The molecule has 0 fully saturated rings. The normalized spacial score (nSPS) is 11.1. The lowest BCUT2D eigenvalue weighted by atomic mass is 10.0. The molecule has 0 spiro atoms. The third-order valence-electron chi connectivity index (χ3n) is 5.67. The molecular weight excluding hydrogens is 431 g/mol. The predicted molar refractivity (Wildman–Crippen MR) is 129 cm³/mol. The van der Waals surface area contributed by atoms with Gasteiger partial charge in [-0.25, -0.2) is 14.1 Å². The SMILES string of the molecule is Cc1ccc(-c2ccnc3c2c(C)nn3CC(=O)Nc2cnn(Cc3ccccc3F)c2)cc1. The molecule has 0 aliphatic carbocycles. The fourth-order valence-corrected chi connectivity index (χ4v) is 4.02. The van der Waals surface area contributed by atoms with Crippen molar-refractivity contribution in [2.45, 2.75) is 26.9 Å². The summed E-state index contributed by atoms with van der Waals surface area (Å²) in [5.74, 6) is -0.542. The van der Waals surface area contributed by atoms with E-state index < -0.39 is 0 Å². The summed E-state index contributed by atoms with van der Waals surface area (Å²) in [6, 6.07) is 16.8. The highest BCUT2D eigenvalue weighted by Gasteiger charge is 2.16. The summed E-state index contributed by atoms with van der Waals surface area (Å²) in [5.41, 5.74) is 5.82.